The Kier molecular flexibility index (Phi) is 7.35. The van der Waals surface area contributed by atoms with Crippen LogP contribution in [0.2, 0.25) is 0 Å². The number of carboxylic acids is 1. The third-order valence-electron chi connectivity index (χ3n) is 5.32. The fraction of sp³-hybridized carbons (Fsp3) is 0.333. The number of carboxylic acid groups (broad SMARTS) is 1. The zero-order valence-electron chi connectivity index (χ0n) is 18.0. The van der Waals surface area contributed by atoms with Crippen LogP contribution in [0.5, 0.6) is 0 Å². The Labute approximate surface area is 193 Å². The van der Waals surface area contributed by atoms with Crippen LogP contribution in [0.15, 0.2) is 53.4 Å². The average Bonchev–Trinajstić information content (AvgIpc) is 3.11. The van der Waals surface area contributed by atoms with E-state index in [4.69, 9.17) is 5.11 Å². The summed E-state index contributed by atoms with van der Waals surface area (Å²) >= 11 is 3.16. The number of aromatic nitrogens is 1. The third-order valence-corrected chi connectivity index (χ3v) is 7.75. The summed E-state index contributed by atoms with van der Waals surface area (Å²) < 4.78 is 38.3. The molecule has 0 atom stereocenters. The molecular weight excluding hydrogens is 455 g/mol. The van der Waals surface area contributed by atoms with E-state index in [1.165, 1.54) is 23.5 Å². The Hall–Kier alpha value is -2.32. The summed E-state index contributed by atoms with van der Waals surface area (Å²) in [5.74, 6) is -0.0767. The second kappa shape index (κ2) is 9.67. The fourth-order valence-corrected chi connectivity index (χ4v) is 5.31. The van der Waals surface area contributed by atoms with E-state index < -0.39 is 17.7 Å². The molecule has 1 aromatic heterocycles. The molecule has 0 radical (unpaired) electrons. The first-order valence-corrected chi connectivity index (χ1v) is 11.8. The first-order chi connectivity index (χ1) is 15.0. The molecule has 0 saturated carbocycles. The van der Waals surface area contributed by atoms with E-state index in [2.05, 4.69) is 4.98 Å². The van der Waals surface area contributed by atoms with Crippen molar-refractivity contribution in [2.24, 2.45) is 0 Å². The molecule has 1 N–H and O–H groups in total. The largest absolute Gasteiger partial charge is 0.481 e. The van der Waals surface area contributed by atoms with Crippen molar-refractivity contribution in [1.82, 2.24) is 4.98 Å². The van der Waals surface area contributed by atoms with Crippen LogP contribution in [0.3, 0.4) is 0 Å². The minimum atomic E-state index is -4.35. The summed E-state index contributed by atoms with van der Waals surface area (Å²) in [7, 11) is 0. The first kappa shape index (κ1) is 24.3. The van der Waals surface area contributed by atoms with Gasteiger partial charge in [0, 0.05) is 27.5 Å². The molecule has 3 rings (SSSR count). The summed E-state index contributed by atoms with van der Waals surface area (Å²) in [5, 5.41) is 9.65. The first-order valence-electron chi connectivity index (χ1n) is 10.0. The third kappa shape index (κ3) is 6.13. The van der Waals surface area contributed by atoms with Crippen LogP contribution >= 0.6 is 23.1 Å². The van der Waals surface area contributed by atoms with Crippen molar-refractivity contribution >= 4 is 29.1 Å². The summed E-state index contributed by atoms with van der Waals surface area (Å²) in [6.07, 6.45) is -3.64. The molecule has 0 spiro atoms. The zero-order chi connectivity index (χ0) is 23.5. The minimum absolute atomic E-state index is 0.134. The van der Waals surface area contributed by atoms with Crippen LogP contribution in [0.4, 0.5) is 13.2 Å². The maximum atomic E-state index is 12.8. The summed E-state index contributed by atoms with van der Waals surface area (Å²) in [6.45, 7) is 6.00. The van der Waals surface area contributed by atoms with Crippen molar-refractivity contribution < 1.29 is 23.1 Å². The van der Waals surface area contributed by atoms with Gasteiger partial charge in [-0.2, -0.15) is 13.2 Å². The lowest BCUT2D eigenvalue weighted by Crippen LogP contribution is -2.18. The number of thioether (sulfide) groups is 1. The van der Waals surface area contributed by atoms with Gasteiger partial charge in [-0.05, 0) is 48.6 Å². The van der Waals surface area contributed by atoms with Gasteiger partial charge in [0.15, 0.2) is 0 Å². The smallest absolute Gasteiger partial charge is 0.416 e. The quantitative estimate of drug-likeness (QED) is 0.339. The summed E-state index contributed by atoms with van der Waals surface area (Å²) in [4.78, 5) is 17.6. The number of hydrogen-bond acceptors (Lipinski definition) is 4. The van der Waals surface area contributed by atoms with Gasteiger partial charge in [0.05, 0.1) is 11.3 Å². The van der Waals surface area contributed by atoms with Crippen LogP contribution in [-0.2, 0) is 22.1 Å². The number of carbonyl (C=O) groups is 1. The molecule has 170 valence electrons. The van der Waals surface area contributed by atoms with Gasteiger partial charge in [-0.25, -0.2) is 4.98 Å². The Morgan fingerprint density at radius 3 is 2.19 bits per heavy atom. The molecule has 0 aliphatic heterocycles. The molecule has 3 nitrogen and oxygen atoms in total. The molecule has 0 unspecified atom stereocenters. The number of thiazole rings is 1. The number of halogens is 3. The van der Waals surface area contributed by atoms with Crippen LogP contribution < -0.4 is 0 Å². The maximum Gasteiger partial charge on any atom is 0.416 e. The number of nitrogens with zero attached hydrogens (tertiary/aromatic N) is 1. The van der Waals surface area contributed by atoms with E-state index in [0.717, 1.165) is 33.2 Å². The highest BCUT2D eigenvalue weighted by molar-refractivity contribution is 7.98. The predicted molar refractivity (Wildman–Crippen MR) is 123 cm³/mol. The van der Waals surface area contributed by atoms with Gasteiger partial charge in [-0.15, -0.1) is 23.1 Å². The number of aryl methyl sites for hydroxylation is 1. The van der Waals surface area contributed by atoms with Crippen LogP contribution in [-0.4, -0.2) is 16.1 Å². The van der Waals surface area contributed by atoms with Gasteiger partial charge in [-0.1, -0.05) is 38.1 Å². The van der Waals surface area contributed by atoms with Crippen molar-refractivity contribution in [2.45, 2.75) is 55.9 Å². The topological polar surface area (TPSA) is 50.2 Å². The van der Waals surface area contributed by atoms with Crippen molar-refractivity contribution in [3.8, 4) is 10.6 Å². The second-order valence-corrected chi connectivity index (χ2v) is 10.3. The Morgan fingerprint density at radius 2 is 1.62 bits per heavy atom. The number of alkyl halides is 3. The molecule has 1 heterocycles. The lowest BCUT2D eigenvalue weighted by atomic mass is 9.80. The van der Waals surface area contributed by atoms with Crippen molar-refractivity contribution in [1.29, 1.82) is 0 Å². The molecule has 0 aliphatic rings. The molecular formula is C24H24F3NO2S2. The number of rotatable bonds is 8. The highest BCUT2D eigenvalue weighted by Crippen LogP contribution is 2.36. The normalized spacial score (nSPS) is 12.2. The number of hydrogen-bond donors (Lipinski definition) is 1. The summed E-state index contributed by atoms with van der Waals surface area (Å²) in [5.41, 5.74) is 1.77. The fourth-order valence-electron chi connectivity index (χ4n) is 3.20. The lowest BCUT2D eigenvalue weighted by molar-refractivity contribution is -0.138. The van der Waals surface area contributed by atoms with E-state index in [-0.39, 0.29) is 11.8 Å². The van der Waals surface area contributed by atoms with Crippen molar-refractivity contribution in [3.63, 3.8) is 0 Å². The van der Waals surface area contributed by atoms with Gasteiger partial charge in [0.1, 0.15) is 5.01 Å². The van der Waals surface area contributed by atoms with Gasteiger partial charge < -0.3 is 5.11 Å². The molecule has 0 aliphatic carbocycles. The molecule has 3 aromatic rings. The van der Waals surface area contributed by atoms with Gasteiger partial charge in [0.2, 0.25) is 0 Å². The van der Waals surface area contributed by atoms with Crippen molar-refractivity contribution in [3.05, 3.63) is 70.2 Å². The van der Waals surface area contributed by atoms with Crippen molar-refractivity contribution in [2.75, 3.05) is 0 Å². The van der Waals surface area contributed by atoms with Gasteiger partial charge in [-0.3, -0.25) is 4.79 Å². The minimum Gasteiger partial charge on any atom is -0.481 e. The molecule has 0 fully saturated rings. The molecule has 0 saturated heterocycles. The highest BCUT2D eigenvalue weighted by Gasteiger charge is 2.30. The zero-order valence-corrected chi connectivity index (χ0v) is 19.6. The Bertz CT molecular complexity index is 1070. The van der Waals surface area contributed by atoms with E-state index in [9.17, 15) is 18.0 Å². The molecule has 0 bridgehead atoms. The SMILES string of the molecule is Cc1nc(-c2ccc(C(F)(F)F)cc2)sc1CSc1ccc(C(C)(C)CCC(=O)O)cc1. The Balaban J connectivity index is 1.65. The van der Waals surface area contributed by atoms with E-state index in [1.54, 1.807) is 11.8 Å². The number of aliphatic carboxylic acids is 1. The van der Waals surface area contributed by atoms with E-state index >= 15 is 0 Å². The predicted octanol–water partition coefficient (Wildman–Crippen LogP) is 7.57. The van der Waals surface area contributed by atoms with Crippen LogP contribution in [0.1, 0.15) is 48.4 Å². The monoisotopic (exact) mass is 479 g/mol. The second-order valence-electron chi connectivity index (χ2n) is 8.19. The molecule has 0 amide bonds. The Morgan fingerprint density at radius 1 is 1.03 bits per heavy atom. The van der Waals surface area contributed by atoms with Crippen LogP contribution in [0, 0.1) is 6.92 Å². The highest BCUT2D eigenvalue weighted by atomic mass is 32.2. The van der Waals surface area contributed by atoms with E-state index in [1.807, 2.05) is 45.0 Å². The number of benzene rings is 2. The molecule has 8 heteroatoms. The van der Waals surface area contributed by atoms with Gasteiger partial charge in [0.25, 0.3) is 0 Å². The summed E-state index contributed by atoms with van der Waals surface area (Å²) in [6, 6.07) is 13.2. The maximum absolute atomic E-state index is 12.8. The van der Waals surface area contributed by atoms with E-state index in [0.29, 0.717) is 22.7 Å². The standard InChI is InChI=1S/C24H24F3NO2S2/c1-15-20(32-22(28-15)16-4-6-18(7-5-16)24(25,26)27)14-31-19-10-8-17(9-11-19)23(2,3)13-12-21(29)30/h4-11H,12-14H2,1-3H3,(H,29,30). The molecule has 32 heavy (non-hydrogen) atoms. The lowest BCUT2D eigenvalue weighted by Gasteiger charge is -2.24. The molecule has 2 aromatic carbocycles. The van der Waals surface area contributed by atoms with Crippen LogP contribution in [0.25, 0.3) is 10.6 Å². The van der Waals surface area contributed by atoms with Gasteiger partial charge >= 0.3 is 12.1 Å². The average molecular weight is 480 g/mol.